The average molecular weight is 552 g/mol. The second-order valence-electron chi connectivity index (χ2n) is 11.4. The molecule has 0 bridgehead atoms. The third-order valence-electron chi connectivity index (χ3n) is 8.65. The molecule has 1 aliphatic carbocycles. The van der Waals surface area contributed by atoms with Gasteiger partial charge in [0.2, 0.25) is 12.5 Å². The largest absolute Gasteiger partial charge is 0.463 e. The van der Waals surface area contributed by atoms with Crippen molar-refractivity contribution >= 4 is 28.2 Å². The van der Waals surface area contributed by atoms with Crippen LogP contribution in [0, 0.1) is 12.5 Å². The molecule has 1 aromatic heterocycles. The molecule has 2 aliphatic heterocycles. The van der Waals surface area contributed by atoms with Crippen LogP contribution in [0.25, 0.3) is 15.6 Å². The van der Waals surface area contributed by atoms with Crippen molar-refractivity contribution in [1.29, 1.82) is 0 Å². The highest BCUT2D eigenvalue weighted by Crippen LogP contribution is 2.37. The summed E-state index contributed by atoms with van der Waals surface area (Å²) in [5, 5.41) is 2.46. The highest BCUT2D eigenvalue weighted by molar-refractivity contribution is 5.94. The fraction of sp³-hybridized carbons (Fsp3) is 0.438. The Hall–Kier alpha value is -4.16. The van der Waals surface area contributed by atoms with E-state index >= 15 is 0 Å². The number of benzene rings is 2. The van der Waals surface area contributed by atoms with Gasteiger partial charge in [0.05, 0.1) is 18.8 Å². The first-order valence-corrected chi connectivity index (χ1v) is 14.4. The summed E-state index contributed by atoms with van der Waals surface area (Å²) >= 11 is 0. The Morgan fingerprint density at radius 1 is 1.15 bits per heavy atom. The van der Waals surface area contributed by atoms with Crippen LogP contribution >= 0.6 is 0 Å². The van der Waals surface area contributed by atoms with E-state index in [1.165, 1.54) is 22.5 Å². The zero-order valence-electron chi connectivity index (χ0n) is 23.9. The Kier molecular flexibility index (Phi) is 7.50. The predicted molar refractivity (Wildman–Crippen MR) is 161 cm³/mol. The minimum Gasteiger partial charge on any atom is -0.463 e. The molecule has 0 radical (unpaired) electrons. The average Bonchev–Trinajstić information content (AvgIpc) is 3.79. The molecule has 0 spiro atoms. The Morgan fingerprint density at radius 2 is 1.98 bits per heavy atom. The van der Waals surface area contributed by atoms with Gasteiger partial charge in [0, 0.05) is 54.8 Å². The van der Waals surface area contributed by atoms with Crippen LogP contribution in [0.2, 0.25) is 0 Å². The molecule has 9 nitrogen and oxygen atoms in total. The van der Waals surface area contributed by atoms with E-state index in [1.807, 2.05) is 0 Å². The number of carbonyl (C=O) groups is 1. The van der Waals surface area contributed by atoms with Gasteiger partial charge in [-0.25, -0.2) is 6.57 Å². The third kappa shape index (κ3) is 5.44. The lowest BCUT2D eigenvalue weighted by molar-refractivity contribution is -0.128. The number of ether oxygens (including phenoxy) is 1. The van der Waals surface area contributed by atoms with Crippen LogP contribution in [0.3, 0.4) is 0 Å². The third-order valence-corrected chi connectivity index (χ3v) is 8.65. The number of piperazine rings is 1. The molecular formula is C32H37N7O2. The molecule has 1 amide bonds. The first kappa shape index (κ1) is 27.0. The van der Waals surface area contributed by atoms with E-state index in [9.17, 15) is 4.79 Å². The van der Waals surface area contributed by atoms with Gasteiger partial charge in [0.15, 0.2) is 0 Å². The maximum absolute atomic E-state index is 12.5. The number of nitrogens with zero attached hydrogens (tertiary/aromatic N) is 7. The molecule has 41 heavy (non-hydrogen) atoms. The minimum absolute atomic E-state index is 0.127. The summed E-state index contributed by atoms with van der Waals surface area (Å²) < 4.78 is 6.25. The molecule has 2 aromatic carbocycles. The molecule has 2 fully saturated rings. The zero-order valence-corrected chi connectivity index (χ0v) is 23.9. The molecule has 1 saturated carbocycles. The number of anilines is 2. The van der Waals surface area contributed by atoms with Crippen molar-refractivity contribution in [2.45, 2.75) is 31.5 Å². The summed E-state index contributed by atoms with van der Waals surface area (Å²) in [6, 6.07) is 15.7. The van der Waals surface area contributed by atoms with Crippen LogP contribution in [0.4, 0.5) is 11.5 Å². The van der Waals surface area contributed by atoms with Gasteiger partial charge in [0.25, 0.3) is 0 Å². The zero-order chi connectivity index (χ0) is 28.5. The minimum atomic E-state index is -0.218. The Balaban J connectivity index is 1.31. The van der Waals surface area contributed by atoms with E-state index in [4.69, 9.17) is 21.3 Å². The van der Waals surface area contributed by atoms with Crippen molar-refractivity contribution in [3.63, 3.8) is 0 Å². The van der Waals surface area contributed by atoms with Crippen LogP contribution in [-0.4, -0.2) is 91.2 Å². The number of carbonyl (C=O) groups excluding carboxylic acids is 1. The Bertz CT molecular complexity index is 1490. The Labute approximate surface area is 241 Å². The first-order valence-electron chi connectivity index (χ1n) is 14.4. The molecule has 3 heterocycles. The standard InChI is InChI=1S/C32H37N7O2/c1-5-30(40)39-16-15-38(19-24(39)18-33-2)31-26-13-14-37(28-12-8-10-22-9-6-7-11-25(22)28)20-27(26)34-32(35-31)41-21-23-17-29(23)36(3)4/h5-12,23-24,29H,1,13-21H2,3-4H3/t23?,24-,29?/m0/s1. The van der Waals surface area contributed by atoms with Crippen LogP contribution in [0.1, 0.15) is 17.7 Å². The summed E-state index contributed by atoms with van der Waals surface area (Å²) in [5.74, 6) is 1.23. The molecule has 9 heteroatoms. The molecule has 212 valence electrons. The van der Waals surface area contributed by atoms with Crippen molar-refractivity contribution in [2.75, 3.05) is 63.2 Å². The van der Waals surface area contributed by atoms with Gasteiger partial charge in [-0.2, -0.15) is 9.97 Å². The number of hydrogen-bond donors (Lipinski definition) is 0. The summed E-state index contributed by atoms with van der Waals surface area (Å²) in [6.07, 6.45) is 3.27. The smallest absolute Gasteiger partial charge is 0.318 e. The molecule has 3 aliphatic rings. The lowest BCUT2D eigenvalue weighted by Crippen LogP contribution is -2.56. The van der Waals surface area contributed by atoms with Gasteiger partial charge in [-0.05, 0) is 44.5 Å². The van der Waals surface area contributed by atoms with Crippen LogP contribution < -0.4 is 14.5 Å². The van der Waals surface area contributed by atoms with Gasteiger partial charge < -0.3 is 29.2 Å². The van der Waals surface area contributed by atoms with E-state index < -0.39 is 0 Å². The SMILES string of the molecule is [C-]#[N+]C[C@H]1CN(c2nc(OCC3CC3N(C)C)nc3c2CCN(c2cccc4ccccc24)C3)CCN1C(=O)C=C. The number of amides is 1. The summed E-state index contributed by atoms with van der Waals surface area (Å²) in [4.78, 5) is 34.7. The lowest BCUT2D eigenvalue weighted by Gasteiger charge is -2.41. The normalized spacial score (nSPS) is 21.9. The molecule has 3 aromatic rings. The fourth-order valence-electron chi connectivity index (χ4n) is 6.35. The highest BCUT2D eigenvalue weighted by atomic mass is 16.5. The second-order valence-corrected chi connectivity index (χ2v) is 11.4. The van der Waals surface area contributed by atoms with Gasteiger partial charge in [-0.15, -0.1) is 0 Å². The first-order chi connectivity index (χ1) is 20.0. The molecule has 3 atom stereocenters. The molecule has 0 N–H and O–H groups in total. The van der Waals surface area contributed by atoms with E-state index in [0.717, 1.165) is 36.5 Å². The molecule has 6 rings (SSSR count). The van der Waals surface area contributed by atoms with E-state index in [1.54, 1.807) is 4.90 Å². The second kappa shape index (κ2) is 11.4. The maximum atomic E-state index is 12.5. The Morgan fingerprint density at radius 3 is 2.76 bits per heavy atom. The molecular weight excluding hydrogens is 514 g/mol. The molecule has 2 unspecified atom stereocenters. The topological polar surface area (TPSA) is 69.4 Å². The van der Waals surface area contributed by atoms with Crippen molar-refractivity contribution in [1.82, 2.24) is 19.8 Å². The van der Waals surface area contributed by atoms with Gasteiger partial charge >= 0.3 is 6.01 Å². The van der Waals surface area contributed by atoms with Crippen molar-refractivity contribution in [2.24, 2.45) is 5.92 Å². The van der Waals surface area contributed by atoms with E-state index in [-0.39, 0.29) is 18.5 Å². The van der Waals surface area contributed by atoms with E-state index in [0.29, 0.717) is 50.8 Å². The maximum Gasteiger partial charge on any atom is 0.318 e. The van der Waals surface area contributed by atoms with Gasteiger partial charge in [-0.3, -0.25) is 4.79 Å². The van der Waals surface area contributed by atoms with Crippen molar-refractivity contribution in [3.8, 4) is 6.01 Å². The summed E-state index contributed by atoms with van der Waals surface area (Å²) in [5.41, 5.74) is 3.32. The quantitative estimate of drug-likeness (QED) is 0.313. The number of rotatable bonds is 8. The molecule has 1 saturated heterocycles. The number of fused-ring (bicyclic) bond motifs is 2. The number of aromatic nitrogens is 2. The number of hydrogen-bond acceptors (Lipinski definition) is 7. The highest BCUT2D eigenvalue weighted by Gasteiger charge is 2.40. The fourth-order valence-corrected chi connectivity index (χ4v) is 6.35. The lowest BCUT2D eigenvalue weighted by atomic mass is 10.0. The van der Waals surface area contributed by atoms with Crippen molar-refractivity contribution in [3.05, 3.63) is 77.8 Å². The monoisotopic (exact) mass is 551 g/mol. The van der Waals surface area contributed by atoms with Gasteiger partial charge in [0.1, 0.15) is 11.9 Å². The predicted octanol–water partition coefficient (Wildman–Crippen LogP) is 3.64. The van der Waals surface area contributed by atoms with Gasteiger partial charge in [-0.1, -0.05) is 43.0 Å². The van der Waals surface area contributed by atoms with Crippen LogP contribution in [-0.2, 0) is 17.8 Å². The van der Waals surface area contributed by atoms with Crippen LogP contribution in [0.5, 0.6) is 6.01 Å². The summed E-state index contributed by atoms with van der Waals surface area (Å²) in [6.45, 7) is 15.2. The summed E-state index contributed by atoms with van der Waals surface area (Å²) in [7, 11) is 4.21. The van der Waals surface area contributed by atoms with E-state index in [2.05, 4.69) is 82.7 Å². The van der Waals surface area contributed by atoms with Crippen LogP contribution in [0.15, 0.2) is 55.1 Å². The van der Waals surface area contributed by atoms with Crippen molar-refractivity contribution < 1.29 is 9.53 Å².